The summed E-state index contributed by atoms with van der Waals surface area (Å²) in [5.41, 5.74) is 0. The first-order valence-corrected chi connectivity index (χ1v) is 8.24. The number of ether oxygens (including phenoxy) is 2. The molecule has 2 aromatic rings. The van der Waals surface area contributed by atoms with Crippen LogP contribution in [-0.4, -0.2) is 26.0 Å². The summed E-state index contributed by atoms with van der Waals surface area (Å²) in [5, 5.41) is 1.01. The predicted octanol–water partition coefficient (Wildman–Crippen LogP) is 3.90. The Morgan fingerprint density at radius 2 is 2.00 bits per heavy atom. The van der Waals surface area contributed by atoms with Crippen LogP contribution in [0.4, 0.5) is 0 Å². The summed E-state index contributed by atoms with van der Waals surface area (Å²) in [6, 6.07) is 5.79. The van der Waals surface area contributed by atoms with E-state index in [1.54, 1.807) is 14.0 Å². The molecule has 0 fully saturated rings. The van der Waals surface area contributed by atoms with Crippen LogP contribution < -0.4 is 4.74 Å². The first-order chi connectivity index (χ1) is 9.96. The van der Waals surface area contributed by atoms with E-state index in [9.17, 15) is 9.59 Å². The number of Topliss-reactive ketones (excluding diaryl/α,β-unsaturated/α-hetero) is 1. The third-order valence-corrected chi connectivity index (χ3v) is 5.14. The van der Waals surface area contributed by atoms with Crippen molar-refractivity contribution < 1.29 is 19.1 Å². The number of carbonyl (C=O) groups is 2. The zero-order valence-corrected chi connectivity index (χ0v) is 14.9. The van der Waals surface area contributed by atoms with Gasteiger partial charge in [0, 0.05) is 11.1 Å². The van der Waals surface area contributed by atoms with Gasteiger partial charge in [0.05, 0.1) is 28.6 Å². The Bertz CT molecular complexity index is 692. The van der Waals surface area contributed by atoms with Crippen molar-refractivity contribution >= 4 is 55.8 Å². The highest BCUT2D eigenvalue weighted by atomic mass is 127. The van der Waals surface area contributed by atoms with E-state index in [1.165, 1.54) is 18.4 Å². The molecule has 21 heavy (non-hydrogen) atoms. The number of carbonyl (C=O) groups excluding carboxylic acids is 2. The summed E-state index contributed by atoms with van der Waals surface area (Å²) >= 11 is 3.62. The van der Waals surface area contributed by atoms with Crippen molar-refractivity contribution in [3.63, 3.8) is 0 Å². The van der Waals surface area contributed by atoms with Gasteiger partial charge in [-0.1, -0.05) is 6.92 Å². The first-order valence-electron chi connectivity index (χ1n) is 6.34. The smallest absolute Gasteiger partial charge is 0.308 e. The normalized spacial score (nSPS) is 12.2. The number of fused-ring (bicyclic) bond motifs is 1. The number of rotatable bonds is 5. The largest absolute Gasteiger partial charge is 0.496 e. The van der Waals surface area contributed by atoms with Crippen molar-refractivity contribution in [3.8, 4) is 5.75 Å². The van der Waals surface area contributed by atoms with Crippen LogP contribution in [0, 0.1) is 9.49 Å². The molecule has 0 aliphatic rings. The van der Waals surface area contributed by atoms with Crippen LogP contribution in [0.5, 0.6) is 5.75 Å². The van der Waals surface area contributed by atoms with E-state index in [1.807, 2.05) is 18.2 Å². The van der Waals surface area contributed by atoms with Gasteiger partial charge < -0.3 is 9.47 Å². The molecule has 0 spiro atoms. The summed E-state index contributed by atoms with van der Waals surface area (Å²) in [7, 11) is 2.96. The van der Waals surface area contributed by atoms with E-state index in [0.717, 1.165) is 19.4 Å². The second kappa shape index (κ2) is 6.74. The fourth-order valence-corrected chi connectivity index (χ4v) is 3.73. The molecule has 4 nitrogen and oxygen atoms in total. The molecule has 1 aromatic carbocycles. The monoisotopic (exact) mass is 418 g/mol. The zero-order valence-electron chi connectivity index (χ0n) is 11.9. The zero-order chi connectivity index (χ0) is 15.6. The van der Waals surface area contributed by atoms with E-state index in [0.29, 0.717) is 4.88 Å². The molecule has 0 amide bonds. The third kappa shape index (κ3) is 3.55. The lowest BCUT2D eigenvalue weighted by Gasteiger charge is -2.06. The molecule has 0 unspecified atom stereocenters. The number of esters is 1. The number of methoxy groups -OCH3 is 2. The second-order valence-electron chi connectivity index (χ2n) is 4.69. The van der Waals surface area contributed by atoms with Gasteiger partial charge in [0.25, 0.3) is 0 Å². The third-order valence-electron chi connectivity index (χ3n) is 3.16. The molecule has 1 heterocycles. The minimum atomic E-state index is -0.428. The molecule has 6 heteroatoms. The van der Waals surface area contributed by atoms with Gasteiger partial charge in [-0.2, -0.15) is 0 Å². The number of ketones is 1. The highest BCUT2D eigenvalue weighted by Gasteiger charge is 2.20. The van der Waals surface area contributed by atoms with Crippen LogP contribution in [-0.2, 0) is 9.53 Å². The molecule has 2 rings (SSSR count). The first kappa shape index (κ1) is 16.2. The lowest BCUT2D eigenvalue weighted by Crippen LogP contribution is -2.16. The van der Waals surface area contributed by atoms with Gasteiger partial charge in [-0.25, -0.2) is 0 Å². The maximum atomic E-state index is 12.3. The van der Waals surface area contributed by atoms with Crippen molar-refractivity contribution in [3.05, 3.63) is 26.6 Å². The lowest BCUT2D eigenvalue weighted by atomic mass is 10.0. The SMILES string of the molecule is COC(=O)[C@H](C)CC(=O)c1cc2cc(I)c(OC)cc2s1. The highest BCUT2D eigenvalue weighted by molar-refractivity contribution is 14.1. The summed E-state index contributed by atoms with van der Waals surface area (Å²) in [5.74, 6) is -0.0296. The number of benzene rings is 1. The Kier molecular flexibility index (Phi) is 5.21. The molecular weight excluding hydrogens is 403 g/mol. The van der Waals surface area contributed by atoms with Crippen LogP contribution >= 0.6 is 33.9 Å². The van der Waals surface area contributed by atoms with E-state index >= 15 is 0 Å². The lowest BCUT2D eigenvalue weighted by molar-refractivity contribution is -0.144. The standard InChI is InChI=1S/C15H15IO4S/c1-8(15(18)20-3)4-11(17)14-6-9-5-10(16)12(19-2)7-13(9)21-14/h5-8H,4H2,1-3H3/t8-/m1/s1. The number of hydrogen-bond donors (Lipinski definition) is 0. The highest BCUT2D eigenvalue weighted by Crippen LogP contribution is 2.33. The maximum absolute atomic E-state index is 12.3. The molecule has 1 atom stereocenters. The van der Waals surface area contributed by atoms with E-state index in [-0.39, 0.29) is 18.2 Å². The molecule has 0 bridgehead atoms. The average Bonchev–Trinajstić information content (AvgIpc) is 2.87. The fourth-order valence-electron chi connectivity index (χ4n) is 2.00. The Morgan fingerprint density at radius 3 is 2.62 bits per heavy atom. The molecule has 0 aliphatic heterocycles. The topological polar surface area (TPSA) is 52.6 Å². The summed E-state index contributed by atoms with van der Waals surface area (Å²) in [6.45, 7) is 1.70. The molecule has 0 radical (unpaired) electrons. The molecule has 0 N–H and O–H groups in total. The van der Waals surface area contributed by atoms with Crippen molar-refractivity contribution in [2.24, 2.45) is 5.92 Å². The minimum absolute atomic E-state index is 0.0388. The molecular formula is C15H15IO4S. The number of hydrogen-bond acceptors (Lipinski definition) is 5. The van der Waals surface area contributed by atoms with E-state index in [2.05, 4.69) is 27.3 Å². The van der Waals surface area contributed by atoms with E-state index < -0.39 is 5.92 Å². The predicted molar refractivity (Wildman–Crippen MR) is 91.2 cm³/mol. The Morgan fingerprint density at radius 1 is 1.29 bits per heavy atom. The van der Waals surface area contributed by atoms with Gasteiger partial charge in [0.2, 0.25) is 0 Å². The Balaban J connectivity index is 2.26. The number of thiophene rings is 1. The van der Waals surface area contributed by atoms with Crippen molar-refractivity contribution in [1.29, 1.82) is 0 Å². The Hall–Kier alpha value is -1.15. The summed E-state index contributed by atoms with van der Waals surface area (Å²) < 4.78 is 11.9. The van der Waals surface area contributed by atoms with Gasteiger partial charge >= 0.3 is 5.97 Å². The average molecular weight is 418 g/mol. The number of halogens is 1. The van der Waals surface area contributed by atoms with E-state index in [4.69, 9.17) is 4.74 Å². The molecule has 112 valence electrons. The molecule has 0 aliphatic carbocycles. The summed E-state index contributed by atoms with van der Waals surface area (Å²) in [4.78, 5) is 24.3. The summed E-state index contributed by atoms with van der Waals surface area (Å²) in [6.07, 6.45) is 0.160. The fraction of sp³-hybridized carbons (Fsp3) is 0.333. The second-order valence-corrected chi connectivity index (χ2v) is 6.93. The van der Waals surface area contributed by atoms with Gasteiger partial charge in [-0.3, -0.25) is 9.59 Å². The van der Waals surface area contributed by atoms with Gasteiger partial charge in [-0.05, 0) is 46.2 Å². The molecule has 1 aromatic heterocycles. The van der Waals surface area contributed by atoms with Crippen LogP contribution in [0.25, 0.3) is 10.1 Å². The Labute approximate surface area is 140 Å². The molecule has 0 saturated heterocycles. The van der Waals surface area contributed by atoms with Gasteiger partial charge in [0.1, 0.15) is 5.75 Å². The quantitative estimate of drug-likeness (QED) is 0.420. The van der Waals surface area contributed by atoms with Crippen molar-refractivity contribution in [1.82, 2.24) is 0 Å². The van der Waals surface area contributed by atoms with Crippen LogP contribution in [0.2, 0.25) is 0 Å². The van der Waals surface area contributed by atoms with Gasteiger partial charge in [0.15, 0.2) is 5.78 Å². The van der Waals surface area contributed by atoms with Crippen LogP contribution in [0.3, 0.4) is 0 Å². The van der Waals surface area contributed by atoms with Crippen LogP contribution in [0.15, 0.2) is 18.2 Å². The van der Waals surface area contributed by atoms with Crippen LogP contribution in [0.1, 0.15) is 23.0 Å². The molecule has 0 saturated carbocycles. The maximum Gasteiger partial charge on any atom is 0.308 e. The minimum Gasteiger partial charge on any atom is -0.496 e. The van der Waals surface area contributed by atoms with Gasteiger partial charge in [-0.15, -0.1) is 11.3 Å². The van der Waals surface area contributed by atoms with Crippen molar-refractivity contribution in [2.75, 3.05) is 14.2 Å². The van der Waals surface area contributed by atoms with Crippen molar-refractivity contribution in [2.45, 2.75) is 13.3 Å².